The molecule has 0 fully saturated rings. The van der Waals surface area contributed by atoms with Crippen LogP contribution in [0.25, 0.3) is 0 Å². The molecular formula is C21H14ClF9O6. The average molecular weight is 569 g/mol. The smallest absolute Gasteiger partial charge is 0.422 e. The molecule has 1 unspecified atom stereocenters. The van der Waals surface area contributed by atoms with E-state index in [0.717, 1.165) is 31.2 Å². The third-order valence-corrected chi connectivity index (χ3v) is 4.34. The van der Waals surface area contributed by atoms with Gasteiger partial charge in [-0.15, -0.1) is 0 Å². The van der Waals surface area contributed by atoms with Crippen LogP contribution in [-0.4, -0.2) is 43.6 Å². The summed E-state index contributed by atoms with van der Waals surface area (Å²) in [5.41, 5.74) is -1.78. The molecule has 0 aromatic heterocycles. The Morgan fingerprint density at radius 3 is 1.97 bits per heavy atom. The lowest BCUT2D eigenvalue weighted by molar-refractivity contribution is -0.190. The van der Waals surface area contributed by atoms with Gasteiger partial charge >= 0.3 is 30.5 Å². The molecule has 0 aliphatic carbocycles. The second-order valence-corrected chi connectivity index (χ2v) is 7.48. The zero-order valence-electron chi connectivity index (χ0n) is 18.2. The number of esters is 2. The van der Waals surface area contributed by atoms with Crippen molar-refractivity contribution in [3.05, 3.63) is 52.5 Å². The van der Waals surface area contributed by atoms with Crippen molar-refractivity contribution in [2.45, 2.75) is 31.6 Å². The van der Waals surface area contributed by atoms with Crippen LogP contribution >= 0.6 is 11.6 Å². The molecule has 16 heteroatoms. The summed E-state index contributed by atoms with van der Waals surface area (Å²) in [5.74, 6) is -4.40. The van der Waals surface area contributed by atoms with Crippen molar-refractivity contribution in [2.75, 3.05) is 13.2 Å². The van der Waals surface area contributed by atoms with E-state index in [4.69, 9.17) is 21.1 Å². The normalized spacial score (nSPS) is 13.1. The van der Waals surface area contributed by atoms with Gasteiger partial charge in [0, 0.05) is 6.07 Å². The van der Waals surface area contributed by atoms with E-state index in [2.05, 4.69) is 9.47 Å². The number of ether oxygens (including phenoxy) is 4. The van der Waals surface area contributed by atoms with E-state index in [1.807, 2.05) is 0 Å². The predicted octanol–water partition coefficient (Wildman–Crippen LogP) is 6.74. The molecule has 0 N–H and O–H groups in total. The maximum Gasteiger partial charge on any atom is 0.422 e. The number of alkyl halides is 9. The Labute approximate surface area is 206 Å². The molecule has 0 bridgehead atoms. The molecule has 0 spiro atoms. The van der Waals surface area contributed by atoms with E-state index >= 15 is 0 Å². The summed E-state index contributed by atoms with van der Waals surface area (Å²) in [7, 11) is 0. The Morgan fingerprint density at radius 1 is 0.838 bits per heavy atom. The fourth-order valence-electron chi connectivity index (χ4n) is 2.45. The summed E-state index contributed by atoms with van der Waals surface area (Å²) in [4.78, 5) is 24.0. The molecule has 37 heavy (non-hydrogen) atoms. The number of carbonyl (C=O) groups is 2. The van der Waals surface area contributed by atoms with Gasteiger partial charge in [-0.05, 0) is 37.3 Å². The minimum atomic E-state index is -4.90. The molecule has 0 radical (unpaired) electrons. The number of benzene rings is 2. The molecule has 2 aromatic rings. The SMILES string of the molecule is CC(Oc1cc(Oc2ccc(C(F)(F)F)cc2Cl)ccc1C(=O)OCC(F)(F)F)C(=O)OCC(F)(F)F. The van der Waals surface area contributed by atoms with E-state index in [1.54, 1.807) is 0 Å². The van der Waals surface area contributed by atoms with Gasteiger partial charge in [0.2, 0.25) is 0 Å². The monoisotopic (exact) mass is 568 g/mol. The number of carbonyl (C=O) groups excluding carboxylic acids is 2. The minimum Gasteiger partial charge on any atom is -0.478 e. The molecule has 1 atom stereocenters. The summed E-state index contributed by atoms with van der Waals surface area (Å²) in [6.07, 6.45) is -16.3. The molecule has 0 saturated heterocycles. The molecule has 204 valence electrons. The standard InChI is InChI=1S/C21H14ClF9O6/c1-10(17(32)34-8-19(23,24)25)36-16-7-12(3-4-13(16)18(33)35-9-20(26,27)28)37-15-5-2-11(6-14(15)22)21(29,30)31/h2-7,10H,8-9H2,1H3. The molecule has 2 aromatic carbocycles. The highest BCUT2D eigenvalue weighted by molar-refractivity contribution is 6.32. The van der Waals surface area contributed by atoms with E-state index in [0.29, 0.717) is 12.1 Å². The van der Waals surface area contributed by atoms with Gasteiger partial charge in [0.15, 0.2) is 19.3 Å². The lowest BCUT2D eigenvalue weighted by Gasteiger charge is -2.18. The van der Waals surface area contributed by atoms with Crippen LogP contribution in [0, 0.1) is 0 Å². The van der Waals surface area contributed by atoms with Crippen LogP contribution in [-0.2, 0) is 20.4 Å². The zero-order chi connectivity index (χ0) is 28.2. The Morgan fingerprint density at radius 2 is 1.43 bits per heavy atom. The summed E-state index contributed by atoms with van der Waals surface area (Å²) >= 11 is 5.80. The first-order valence-electron chi connectivity index (χ1n) is 9.68. The first-order chi connectivity index (χ1) is 16.9. The zero-order valence-corrected chi connectivity index (χ0v) is 18.9. The maximum atomic E-state index is 12.8. The first-order valence-corrected chi connectivity index (χ1v) is 10.1. The molecular weight excluding hydrogens is 555 g/mol. The molecule has 6 nitrogen and oxygen atoms in total. The van der Waals surface area contributed by atoms with Crippen LogP contribution in [0.3, 0.4) is 0 Å². The third-order valence-electron chi connectivity index (χ3n) is 4.04. The van der Waals surface area contributed by atoms with Crippen LogP contribution in [0.1, 0.15) is 22.8 Å². The lowest BCUT2D eigenvalue weighted by Crippen LogP contribution is -2.30. The highest BCUT2D eigenvalue weighted by Gasteiger charge is 2.33. The lowest BCUT2D eigenvalue weighted by atomic mass is 10.2. The Balaban J connectivity index is 2.34. The number of rotatable bonds is 8. The van der Waals surface area contributed by atoms with Crippen molar-refractivity contribution in [1.82, 2.24) is 0 Å². The third kappa shape index (κ3) is 9.55. The quantitative estimate of drug-likeness (QED) is 0.259. The number of hydrogen-bond donors (Lipinski definition) is 0. The maximum absolute atomic E-state index is 12.8. The van der Waals surface area contributed by atoms with Gasteiger partial charge in [-0.25, -0.2) is 9.59 Å². The van der Waals surface area contributed by atoms with Crippen LogP contribution in [0.4, 0.5) is 39.5 Å². The van der Waals surface area contributed by atoms with Gasteiger partial charge in [-0.2, -0.15) is 39.5 Å². The first kappa shape index (κ1) is 29.9. The summed E-state index contributed by atoms with van der Waals surface area (Å²) in [6, 6.07) is 4.68. The van der Waals surface area contributed by atoms with Crippen LogP contribution in [0.2, 0.25) is 5.02 Å². The van der Waals surface area contributed by atoms with Crippen molar-refractivity contribution >= 4 is 23.5 Å². The Bertz CT molecular complexity index is 1130. The van der Waals surface area contributed by atoms with E-state index < -0.39 is 71.7 Å². The van der Waals surface area contributed by atoms with Gasteiger partial charge in [0.1, 0.15) is 22.8 Å². The molecule has 0 saturated carbocycles. The van der Waals surface area contributed by atoms with Crippen LogP contribution in [0.15, 0.2) is 36.4 Å². The van der Waals surface area contributed by atoms with Crippen LogP contribution in [0.5, 0.6) is 17.2 Å². The Hall–Kier alpha value is -3.36. The van der Waals surface area contributed by atoms with Gasteiger partial charge in [-0.3, -0.25) is 0 Å². The highest BCUT2D eigenvalue weighted by Crippen LogP contribution is 2.37. The van der Waals surface area contributed by atoms with Crippen molar-refractivity contribution in [3.8, 4) is 17.2 Å². The number of hydrogen-bond acceptors (Lipinski definition) is 6. The second kappa shape index (κ2) is 11.4. The van der Waals surface area contributed by atoms with Gasteiger partial charge in [0.25, 0.3) is 0 Å². The molecule has 0 aliphatic rings. The largest absolute Gasteiger partial charge is 0.478 e. The minimum absolute atomic E-state index is 0.292. The fraction of sp³-hybridized carbons (Fsp3) is 0.333. The van der Waals surface area contributed by atoms with E-state index in [-0.39, 0.29) is 11.5 Å². The number of halogens is 10. The van der Waals surface area contributed by atoms with E-state index in [9.17, 15) is 49.1 Å². The molecule has 0 amide bonds. The van der Waals surface area contributed by atoms with Crippen molar-refractivity contribution in [1.29, 1.82) is 0 Å². The van der Waals surface area contributed by atoms with Crippen molar-refractivity contribution in [2.24, 2.45) is 0 Å². The molecule has 0 aliphatic heterocycles. The van der Waals surface area contributed by atoms with Gasteiger partial charge < -0.3 is 18.9 Å². The predicted molar refractivity (Wildman–Crippen MR) is 106 cm³/mol. The van der Waals surface area contributed by atoms with Crippen molar-refractivity contribution in [3.63, 3.8) is 0 Å². The van der Waals surface area contributed by atoms with Gasteiger partial charge in [-0.1, -0.05) is 11.6 Å². The summed E-state index contributed by atoms with van der Waals surface area (Å²) in [6.45, 7) is -3.03. The topological polar surface area (TPSA) is 71.1 Å². The molecule has 0 heterocycles. The summed E-state index contributed by atoms with van der Waals surface area (Å²) in [5, 5.41) is -0.491. The van der Waals surface area contributed by atoms with Crippen molar-refractivity contribution < 1.29 is 68.1 Å². The van der Waals surface area contributed by atoms with Crippen LogP contribution < -0.4 is 9.47 Å². The second-order valence-electron chi connectivity index (χ2n) is 7.08. The summed E-state index contributed by atoms with van der Waals surface area (Å²) < 4.78 is 131. The average Bonchev–Trinajstić information content (AvgIpc) is 2.75. The highest BCUT2D eigenvalue weighted by atomic mass is 35.5. The Kier molecular flexibility index (Phi) is 9.17. The molecule has 2 rings (SSSR count). The fourth-order valence-corrected chi connectivity index (χ4v) is 2.67. The van der Waals surface area contributed by atoms with Gasteiger partial charge in [0.05, 0.1) is 10.6 Å². The van der Waals surface area contributed by atoms with E-state index in [1.165, 1.54) is 0 Å².